The van der Waals surface area contributed by atoms with Gasteiger partial charge in [-0.05, 0) is 37.3 Å². The lowest BCUT2D eigenvalue weighted by Crippen LogP contribution is -2.47. The van der Waals surface area contributed by atoms with E-state index in [9.17, 15) is 4.79 Å². The molecule has 0 N–H and O–H groups in total. The van der Waals surface area contributed by atoms with Crippen LogP contribution in [-0.4, -0.2) is 50.4 Å². The zero-order valence-corrected chi connectivity index (χ0v) is 15.5. The maximum absolute atomic E-state index is 12.1. The van der Waals surface area contributed by atoms with Crippen molar-refractivity contribution in [1.29, 1.82) is 0 Å². The second kappa shape index (κ2) is 7.89. The molecule has 136 valence electrons. The van der Waals surface area contributed by atoms with Crippen molar-refractivity contribution in [3.8, 4) is 0 Å². The highest BCUT2D eigenvalue weighted by Crippen LogP contribution is 2.23. The van der Waals surface area contributed by atoms with Gasteiger partial charge >= 0.3 is 13.1 Å². The SMILES string of the molecule is CCOC(=O)[C@@H]1CCCN1Cc1ccc(B2OCC(C)(C)CO2)cc1. The maximum atomic E-state index is 12.1. The summed E-state index contributed by atoms with van der Waals surface area (Å²) in [4.78, 5) is 14.3. The molecule has 0 amide bonds. The second-order valence-electron chi connectivity index (χ2n) is 7.74. The fourth-order valence-electron chi connectivity index (χ4n) is 3.42. The fraction of sp³-hybridized carbons (Fsp3) is 0.632. The van der Waals surface area contributed by atoms with Gasteiger partial charge in [0, 0.05) is 25.2 Å². The predicted octanol–water partition coefficient (Wildman–Crippen LogP) is 1.98. The molecule has 2 saturated heterocycles. The summed E-state index contributed by atoms with van der Waals surface area (Å²) < 4.78 is 16.9. The number of likely N-dealkylation sites (tertiary alicyclic amines) is 1. The van der Waals surface area contributed by atoms with Crippen LogP contribution in [0, 0.1) is 5.41 Å². The average molecular weight is 345 g/mol. The van der Waals surface area contributed by atoms with Crippen LogP contribution in [0.2, 0.25) is 0 Å². The van der Waals surface area contributed by atoms with Crippen LogP contribution in [0.15, 0.2) is 24.3 Å². The summed E-state index contributed by atoms with van der Waals surface area (Å²) in [5.41, 5.74) is 2.31. The molecule has 1 aromatic carbocycles. The summed E-state index contributed by atoms with van der Waals surface area (Å²) in [6.07, 6.45) is 1.93. The van der Waals surface area contributed by atoms with Crippen molar-refractivity contribution in [2.75, 3.05) is 26.4 Å². The summed E-state index contributed by atoms with van der Waals surface area (Å²) >= 11 is 0. The summed E-state index contributed by atoms with van der Waals surface area (Å²) in [7, 11) is -0.277. The van der Waals surface area contributed by atoms with Gasteiger partial charge in [0.25, 0.3) is 0 Å². The summed E-state index contributed by atoms with van der Waals surface area (Å²) in [6.45, 7) is 9.69. The fourth-order valence-corrected chi connectivity index (χ4v) is 3.42. The van der Waals surface area contributed by atoms with Gasteiger partial charge in [0.15, 0.2) is 0 Å². The molecule has 0 unspecified atom stereocenters. The first-order chi connectivity index (χ1) is 12.0. The molecule has 25 heavy (non-hydrogen) atoms. The Bertz CT molecular complexity index is 580. The molecule has 0 bridgehead atoms. The van der Waals surface area contributed by atoms with Crippen LogP contribution in [0.1, 0.15) is 39.2 Å². The number of rotatable bonds is 5. The van der Waals surface area contributed by atoms with Crippen LogP contribution in [-0.2, 0) is 25.4 Å². The number of carbonyl (C=O) groups is 1. The molecule has 0 aromatic heterocycles. The highest BCUT2D eigenvalue weighted by Gasteiger charge is 2.34. The van der Waals surface area contributed by atoms with Crippen molar-refractivity contribution < 1.29 is 18.8 Å². The molecule has 1 aromatic rings. The van der Waals surface area contributed by atoms with Crippen molar-refractivity contribution in [2.24, 2.45) is 5.41 Å². The normalized spacial score (nSPS) is 23.6. The molecule has 2 aliphatic rings. The minimum absolute atomic E-state index is 0.0777. The van der Waals surface area contributed by atoms with Gasteiger partial charge in [-0.1, -0.05) is 38.1 Å². The van der Waals surface area contributed by atoms with Gasteiger partial charge in [-0.15, -0.1) is 0 Å². The Kier molecular flexibility index (Phi) is 5.82. The van der Waals surface area contributed by atoms with Gasteiger partial charge in [0.2, 0.25) is 0 Å². The lowest BCUT2D eigenvalue weighted by atomic mass is 9.75. The third-order valence-corrected chi connectivity index (χ3v) is 4.81. The lowest BCUT2D eigenvalue weighted by molar-refractivity contribution is -0.148. The topological polar surface area (TPSA) is 48.0 Å². The lowest BCUT2D eigenvalue weighted by Gasteiger charge is -2.33. The largest absolute Gasteiger partial charge is 0.493 e. The highest BCUT2D eigenvalue weighted by atomic mass is 16.6. The van der Waals surface area contributed by atoms with E-state index in [2.05, 4.69) is 43.0 Å². The predicted molar refractivity (Wildman–Crippen MR) is 97.6 cm³/mol. The van der Waals surface area contributed by atoms with Crippen LogP contribution in [0.5, 0.6) is 0 Å². The third-order valence-electron chi connectivity index (χ3n) is 4.81. The van der Waals surface area contributed by atoms with Crippen molar-refractivity contribution in [3.05, 3.63) is 29.8 Å². The van der Waals surface area contributed by atoms with Crippen LogP contribution >= 0.6 is 0 Å². The van der Waals surface area contributed by atoms with Gasteiger partial charge in [0.05, 0.1) is 6.61 Å². The van der Waals surface area contributed by atoms with Crippen molar-refractivity contribution in [1.82, 2.24) is 4.90 Å². The molecule has 3 rings (SSSR count). The van der Waals surface area contributed by atoms with Crippen molar-refractivity contribution in [2.45, 2.75) is 46.2 Å². The van der Waals surface area contributed by atoms with Crippen molar-refractivity contribution >= 4 is 18.6 Å². The van der Waals surface area contributed by atoms with E-state index >= 15 is 0 Å². The number of ether oxygens (including phenoxy) is 1. The number of hydrogen-bond donors (Lipinski definition) is 0. The smallest absolute Gasteiger partial charge is 0.465 e. The second-order valence-corrected chi connectivity index (χ2v) is 7.74. The molecular formula is C19H28BNO4. The molecular weight excluding hydrogens is 317 g/mol. The zero-order chi connectivity index (χ0) is 17.9. The van der Waals surface area contributed by atoms with Gasteiger partial charge in [-0.25, -0.2) is 0 Å². The Hall–Kier alpha value is -1.37. The van der Waals surface area contributed by atoms with Crippen LogP contribution in [0.25, 0.3) is 0 Å². The molecule has 6 heteroatoms. The van der Waals surface area contributed by atoms with Gasteiger partial charge < -0.3 is 14.0 Å². The monoisotopic (exact) mass is 345 g/mol. The van der Waals surface area contributed by atoms with Crippen LogP contribution in [0.3, 0.4) is 0 Å². The van der Waals surface area contributed by atoms with E-state index in [4.69, 9.17) is 14.0 Å². The molecule has 1 atom stereocenters. The van der Waals surface area contributed by atoms with Gasteiger partial charge in [-0.3, -0.25) is 9.69 Å². The van der Waals surface area contributed by atoms with E-state index in [1.54, 1.807) is 0 Å². The third kappa shape index (κ3) is 4.63. The number of nitrogens with zero attached hydrogens (tertiary/aromatic N) is 1. The van der Waals surface area contributed by atoms with Crippen LogP contribution < -0.4 is 5.46 Å². The minimum Gasteiger partial charge on any atom is -0.465 e. The summed E-state index contributed by atoms with van der Waals surface area (Å²) in [5.74, 6) is -0.0942. The molecule has 5 nitrogen and oxygen atoms in total. The Morgan fingerprint density at radius 2 is 1.96 bits per heavy atom. The van der Waals surface area contributed by atoms with Crippen molar-refractivity contribution in [3.63, 3.8) is 0 Å². The highest BCUT2D eigenvalue weighted by molar-refractivity contribution is 6.61. The van der Waals surface area contributed by atoms with E-state index in [1.807, 2.05) is 6.92 Å². The first-order valence-corrected chi connectivity index (χ1v) is 9.21. The molecule has 0 saturated carbocycles. The Morgan fingerprint density at radius 1 is 1.28 bits per heavy atom. The Balaban J connectivity index is 1.58. The van der Waals surface area contributed by atoms with E-state index in [1.165, 1.54) is 5.56 Å². The first-order valence-electron chi connectivity index (χ1n) is 9.21. The van der Waals surface area contributed by atoms with Gasteiger partial charge in [0.1, 0.15) is 6.04 Å². The molecule has 0 radical (unpaired) electrons. The minimum atomic E-state index is -0.277. The maximum Gasteiger partial charge on any atom is 0.493 e. The van der Waals surface area contributed by atoms with E-state index < -0.39 is 0 Å². The van der Waals surface area contributed by atoms with E-state index in [0.29, 0.717) is 19.8 Å². The van der Waals surface area contributed by atoms with Crippen LogP contribution in [0.4, 0.5) is 0 Å². The number of hydrogen-bond acceptors (Lipinski definition) is 5. The standard InChI is InChI=1S/C19H28BNO4/c1-4-23-18(22)17-6-5-11-21(17)12-15-7-9-16(10-8-15)20-24-13-19(2,3)14-25-20/h7-10,17H,4-6,11-14H2,1-3H3/t17-/m0/s1. The summed E-state index contributed by atoms with van der Waals surface area (Å²) in [5, 5.41) is 0. The number of carbonyl (C=O) groups excluding carboxylic acids is 1. The Morgan fingerprint density at radius 3 is 2.60 bits per heavy atom. The zero-order valence-electron chi connectivity index (χ0n) is 15.5. The van der Waals surface area contributed by atoms with Gasteiger partial charge in [-0.2, -0.15) is 0 Å². The molecule has 0 aliphatic carbocycles. The van der Waals surface area contributed by atoms with E-state index in [-0.39, 0.29) is 24.5 Å². The molecule has 2 heterocycles. The number of esters is 1. The molecule has 0 spiro atoms. The Labute approximate surface area is 150 Å². The van der Waals surface area contributed by atoms with E-state index in [0.717, 1.165) is 31.4 Å². The summed E-state index contributed by atoms with van der Waals surface area (Å²) in [6, 6.07) is 8.22. The quantitative estimate of drug-likeness (QED) is 0.603. The number of benzene rings is 1. The molecule has 2 aliphatic heterocycles. The first kappa shape index (κ1) is 18.4. The molecule has 2 fully saturated rings. The average Bonchev–Trinajstić information content (AvgIpc) is 3.04.